The second-order valence-corrected chi connectivity index (χ2v) is 5.57. The van der Waals surface area contributed by atoms with E-state index in [9.17, 15) is 13.6 Å². The minimum absolute atomic E-state index is 0.0582. The summed E-state index contributed by atoms with van der Waals surface area (Å²) in [5, 5.41) is 2.61. The third-order valence-corrected chi connectivity index (χ3v) is 3.44. The number of rotatable bonds is 5. The van der Waals surface area contributed by atoms with Crippen LogP contribution < -0.4 is 5.32 Å². The van der Waals surface area contributed by atoms with E-state index in [0.29, 0.717) is 12.2 Å². The molecule has 0 aliphatic carbocycles. The molecule has 3 nitrogen and oxygen atoms in total. The molecule has 0 saturated carbocycles. The molecule has 21 heavy (non-hydrogen) atoms. The van der Waals surface area contributed by atoms with E-state index in [1.807, 2.05) is 17.7 Å². The van der Waals surface area contributed by atoms with Crippen molar-refractivity contribution in [3.8, 4) is 0 Å². The Hall–Kier alpha value is -1.69. The summed E-state index contributed by atoms with van der Waals surface area (Å²) < 4.78 is 29.2. The highest BCUT2D eigenvalue weighted by atomic mass is 79.9. The molecule has 0 aliphatic heterocycles. The van der Waals surface area contributed by atoms with Crippen LogP contribution in [0.3, 0.4) is 0 Å². The number of hydrogen-bond donors (Lipinski definition) is 1. The molecule has 0 atom stereocenters. The number of nitrogens with zero attached hydrogens (tertiary/aromatic N) is 1. The third kappa shape index (κ3) is 3.91. The second-order valence-electron chi connectivity index (χ2n) is 4.66. The number of carbonyl (C=O) groups is 1. The summed E-state index contributed by atoms with van der Waals surface area (Å²) in [6, 6.07) is 4.88. The number of aryl methyl sites for hydroxylation is 1. The number of nitrogens with one attached hydrogen (secondary N) is 1. The van der Waals surface area contributed by atoms with Gasteiger partial charge in [0.1, 0.15) is 17.3 Å². The van der Waals surface area contributed by atoms with Crippen molar-refractivity contribution >= 4 is 21.8 Å². The monoisotopic (exact) mass is 356 g/mol. The topological polar surface area (TPSA) is 34.0 Å². The number of hydrogen-bond acceptors (Lipinski definition) is 1. The van der Waals surface area contributed by atoms with Gasteiger partial charge in [-0.3, -0.25) is 4.79 Å². The van der Waals surface area contributed by atoms with Crippen LogP contribution in [0.2, 0.25) is 0 Å². The van der Waals surface area contributed by atoms with Crippen LogP contribution in [0.4, 0.5) is 8.78 Å². The summed E-state index contributed by atoms with van der Waals surface area (Å²) in [7, 11) is 0. The molecular formula is C15H15BrF2N2O. The highest BCUT2D eigenvalue weighted by Crippen LogP contribution is 2.16. The van der Waals surface area contributed by atoms with Crippen LogP contribution in [-0.4, -0.2) is 10.5 Å². The Bertz CT molecular complexity index is 655. The average molecular weight is 357 g/mol. The number of carbonyl (C=O) groups excluding carboxylic acids is 1. The molecule has 0 saturated heterocycles. The van der Waals surface area contributed by atoms with E-state index in [0.717, 1.165) is 29.1 Å². The van der Waals surface area contributed by atoms with Crippen LogP contribution in [0.1, 0.15) is 29.4 Å². The summed E-state index contributed by atoms with van der Waals surface area (Å²) in [6.07, 6.45) is 2.71. The Morgan fingerprint density at radius 3 is 2.81 bits per heavy atom. The van der Waals surface area contributed by atoms with E-state index in [1.54, 1.807) is 6.07 Å². The molecule has 0 aliphatic rings. The van der Waals surface area contributed by atoms with E-state index in [2.05, 4.69) is 21.2 Å². The van der Waals surface area contributed by atoms with Gasteiger partial charge in [0.25, 0.3) is 5.91 Å². The van der Waals surface area contributed by atoms with Crippen LogP contribution in [0.25, 0.3) is 0 Å². The van der Waals surface area contributed by atoms with Crippen LogP contribution in [0.5, 0.6) is 0 Å². The van der Waals surface area contributed by atoms with Gasteiger partial charge in [0, 0.05) is 29.3 Å². The normalized spacial score (nSPS) is 10.7. The van der Waals surface area contributed by atoms with E-state index in [-0.39, 0.29) is 18.0 Å². The average Bonchev–Trinajstić information content (AvgIpc) is 2.81. The van der Waals surface area contributed by atoms with Crippen LogP contribution >= 0.6 is 15.9 Å². The van der Waals surface area contributed by atoms with Crippen molar-refractivity contribution in [3.05, 3.63) is 57.8 Å². The minimum Gasteiger partial charge on any atom is -0.347 e. The quantitative estimate of drug-likeness (QED) is 0.866. The summed E-state index contributed by atoms with van der Waals surface area (Å²) in [5.74, 6) is -1.39. The fraction of sp³-hybridized carbons (Fsp3) is 0.267. The van der Waals surface area contributed by atoms with E-state index in [4.69, 9.17) is 0 Å². The molecule has 0 radical (unpaired) electrons. The van der Waals surface area contributed by atoms with Crippen LogP contribution in [0.15, 0.2) is 34.9 Å². The lowest BCUT2D eigenvalue weighted by atomic mass is 10.2. The van der Waals surface area contributed by atoms with Crippen molar-refractivity contribution in [1.82, 2.24) is 9.88 Å². The molecule has 1 heterocycles. The Morgan fingerprint density at radius 1 is 1.33 bits per heavy atom. The largest absolute Gasteiger partial charge is 0.347 e. The number of amides is 1. The molecule has 0 fully saturated rings. The van der Waals surface area contributed by atoms with Gasteiger partial charge < -0.3 is 9.88 Å². The fourth-order valence-corrected chi connectivity index (χ4v) is 2.50. The summed E-state index contributed by atoms with van der Waals surface area (Å²) in [6.45, 7) is 2.66. The Balaban J connectivity index is 2.10. The van der Waals surface area contributed by atoms with Gasteiger partial charge in [-0.15, -0.1) is 0 Å². The first-order valence-electron chi connectivity index (χ1n) is 6.59. The molecule has 112 valence electrons. The van der Waals surface area contributed by atoms with Crippen molar-refractivity contribution in [2.75, 3.05) is 0 Å². The van der Waals surface area contributed by atoms with Crippen LogP contribution in [-0.2, 0) is 13.1 Å². The van der Waals surface area contributed by atoms with Gasteiger partial charge in [-0.25, -0.2) is 8.78 Å². The Kier molecular flexibility index (Phi) is 5.12. The van der Waals surface area contributed by atoms with Crippen molar-refractivity contribution in [2.45, 2.75) is 26.4 Å². The van der Waals surface area contributed by atoms with Gasteiger partial charge in [-0.1, -0.05) is 6.92 Å². The molecule has 0 bridgehead atoms. The summed E-state index contributed by atoms with van der Waals surface area (Å²) in [4.78, 5) is 12.2. The Morgan fingerprint density at radius 2 is 2.10 bits per heavy atom. The van der Waals surface area contributed by atoms with Crippen molar-refractivity contribution in [2.24, 2.45) is 0 Å². The molecule has 1 aromatic carbocycles. The van der Waals surface area contributed by atoms with Gasteiger partial charge in [-0.05, 0) is 46.6 Å². The van der Waals surface area contributed by atoms with Crippen molar-refractivity contribution < 1.29 is 13.6 Å². The predicted molar refractivity (Wildman–Crippen MR) is 80.0 cm³/mol. The zero-order valence-electron chi connectivity index (χ0n) is 11.5. The maximum absolute atomic E-state index is 13.5. The van der Waals surface area contributed by atoms with E-state index >= 15 is 0 Å². The first-order chi connectivity index (χ1) is 10.0. The summed E-state index contributed by atoms with van der Waals surface area (Å²) >= 11 is 3.33. The maximum atomic E-state index is 13.5. The smallest absolute Gasteiger partial charge is 0.268 e. The van der Waals surface area contributed by atoms with Gasteiger partial charge in [0.05, 0.1) is 0 Å². The lowest BCUT2D eigenvalue weighted by Crippen LogP contribution is -2.25. The molecule has 1 aromatic heterocycles. The SMILES string of the molecule is CCCn1cc(Br)cc1C(=O)NCc1cc(F)ccc1F. The van der Waals surface area contributed by atoms with Crippen LogP contribution in [0, 0.1) is 11.6 Å². The zero-order chi connectivity index (χ0) is 15.4. The lowest BCUT2D eigenvalue weighted by Gasteiger charge is -2.09. The van der Waals surface area contributed by atoms with E-state index in [1.165, 1.54) is 0 Å². The Labute approximate surface area is 130 Å². The molecule has 2 rings (SSSR count). The van der Waals surface area contributed by atoms with E-state index < -0.39 is 11.6 Å². The summed E-state index contributed by atoms with van der Waals surface area (Å²) in [5.41, 5.74) is 0.608. The second kappa shape index (κ2) is 6.85. The van der Waals surface area contributed by atoms with Gasteiger partial charge in [0.2, 0.25) is 0 Å². The standard InChI is InChI=1S/C15H15BrF2N2O/c1-2-5-20-9-11(16)7-14(20)15(21)19-8-10-6-12(17)3-4-13(10)18/h3-4,6-7,9H,2,5,8H2,1H3,(H,19,21). The third-order valence-electron chi connectivity index (χ3n) is 3.01. The molecular weight excluding hydrogens is 342 g/mol. The molecule has 0 unspecified atom stereocenters. The first-order valence-corrected chi connectivity index (χ1v) is 7.38. The first kappa shape index (κ1) is 15.7. The zero-order valence-corrected chi connectivity index (χ0v) is 13.1. The highest BCUT2D eigenvalue weighted by Gasteiger charge is 2.13. The van der Waals surface area contributed by atoms with Crippen molar-refractivity contribution in [1.29, 1.82) is 0 Å². The molecule has 1 N–H and O–H groups in total. The molecule has 6 heteroatoms. The van der Waals surface area contributed by atoms with Gasteiger partial charge in [-0.2, -0.15) is 0 Å². The molecule has 2 aromatic rings. The predicted octanol–water partition coefficient (Wildman–Crippen LogP) is 3.87. The lowest BCUT2D eigenvalue weighted by molar-refractivity contribution is 0.0941. The molecule has 1 amide bonds. The van der Waals surface area contributed by atoms with Gasteiger partial charge in [0.15, 0.2) is 0 Å². The highest BCUT2D eigenvalue weighted by molar-refractivity contribution is 9.10. The maximum Gasteiger partial charge on any atom is 0.268 e. The number of benzene rings is 1. The van der Waals surface area contributed by atoms with Crippen molar-refractivity contribution in [3.63, 3.8) is 0 Å². The minimum atomic E-state index is -0.540. The number of halogens is 3. The molecule has 0 spiro atoms. The number of aromatic nitrogens is 1. The fourth-order valence-electron chi connectivity index (χ4n) is 2.04. The van der Waals surface area contributed by atoms with Gasteiger partial charge >= 0.3 is 0 Å².